The van der Waals surface area contributed by atoms with Crippen molar-refractivity contribution < 1.29 is 11.9 Å². The monoisotopic (exact) mass is 126 g/mol. The van der Waals surface area contributed by atoms with Gasteiger partial charge in [-0.1, -0.05) is 0 Å². The van der Waals surface area contributed by atoms with Crippen molar-refractivity contribution in [3.8, 4) is 0 Å². The molecule has 0 fully saturated rings. The Morgan fingerprint density at radius 3 is 1.50 bits per heavy atom. The van der Waals surface area contributed by atoms with Gasteiger partial charge in [-0.3, -0.25) is 0 Å². The predicted octanol–water partition coefficient (Wildman–Crippen LogP) is -1.88. The van der Waals surface area contributed by atoms with E-state index in [1.807, 2.05) is 0 Å². The fourth-order valence-electron chi connectivity index (χ4n) is 0. The molecule has 0 aromatic carbocycles. The third kappa shape index (κ3) is 48.0. The van der Waals surface area contributed by atoms with Gasteiger partial charge in [0.25, 0.3) is 0 Å². The van der Waals surface area contributed by atoms with E-state index in [-0.39, 0.29) is 0 Å². The van der Waals surface area contributed by atoms with Crippen LogP contribution >= 0.6 is 0 Å². The maximum absolute atomic E-state index is 8.81. The van der Waals surface area contributed by atoms with Crippen molar-refractivity contribution >= 4 is 15.3 Å². The van der Waals surface area contributed by atoms with Gasteiger partial charge in [0.05, 0.1) is 0 Å². The quantitative estimate of drug-likeness (QED) is 0.373. The summed E-state index contributed by atoms with van der Waals surface area (Å²) >= 11 is -3.58. The summed E-state index contributed by atoms with van der Waals surface area (Å²) in [6.45, 7) is 0. The van der Waals surface area contributed by atoms with Crippen LogP contribution in [0.15, 0.2) is 0 Å². The molecule has 0 saturated heterocycles. The molecule has 0 radical (unpaired) electrons. The molecule has 0 aromatic heterocycles. The molecule has 3 nitrogen and oxygen atoms in total. The van der Waals surface area contributed by atoms with Crippen molar-refractivity contribution in [2.45, 2.75) is 0 Å². The average Bonchev–Trinajstić information content (AvgIpc) is 0.811. The molecule has 0 spiro atoms. The SMILES string of the molecule is O=[AsH](O)O. The van der Waals surface area contributed by atoms with E-state index in [4.69, 9.17) is 11.9 Å². The van der Waals surface area contributed by atoms with Crippen LogP contribution in [0, 0.1) is 0 Å². The standard InChI is InChI=1S/AsH3O3/c2-1(3)4/h1H,(H2,2,3,4). The van der Waals surface area contributed by atoms with Crippen molar-refractivity contribution in [2.24, 2.45) is 0 Å². The van der Waals surface area contributed by atoms with Gasteiger partial charge >= 0.3 is 27.2 Å². The van der Waals surface area contributed by atoms with Crippen molar-refractivity contribution in [1.82, 2.24) is 0 Å². The fourth-order valence-corrected chi connectivity index (χ4v) is 0. The molecule has 0 bridgehead atoms. The van der Waals surface area contributed by atoms with Crippen LogP contribution in [-0.4, -0.2) is 23.5 Å². The van der Waals surface area contributed by atoms with Crippen LogP contribution < -0.4 is 0 Å². The molecular formula is H3AsO3. The van der Waals surface area contributed by atoms with E-state index in [0.717, 1.165) is 0 Å². The number of rotatable bonds is 0. The third-order valence-electron chi connectivity index (χ3n) is 0. The van der Waals surface area contributed by atoms with Gasteiger partial charge in [0.2, 0.25) is 0 Å². The van der Waals surface area contributed by atoms with E-state index in [2.05, 4.69) is 0 Å². The van der Waals surface area contributed by atoms with Crippen LogP contribution in [0.1, 0.15) is 0 Å². The summed E-state index contributed by atoms with van der Waals surface area (Å²) in [5.41, 5.74) is 0. The molecule has 4 heteroatoms. The molecule has 0 rings (SSSR count). The molecule has 0 aliphatic rings. The van der Waals surface area contributed by atoms with E-state index in [1.54, 1.807) is 0 Å². The predicted molar refractivity (Wildman–Crippen MR) is 12.3 cm³/mol. The summed E-state index contributed by atoms with van der Waals surface area (Å²) in [4.78, 5) is 0. The second-order valence-electron chi connectivity index (χ2n) is 0.283. The average molecular weight is 126 g/mol. The van der Waals surface area contributed by atoms with Gasteiger partial charge in [0.1, 0.15) is 0 Å². The summed E-state index contributed by atoms with van der Waals surface area (Å²) in [5, 5.41) is 0. The van der Waals surface area contributed by atoms with Gasteiger partial charge in [-0.15, -0.1) is 0 Å². The van der Waals surface area contributed by atoms with Crippen LogP contribution in [0.4, 0.5) is 0 Å². The molecule has 0 unspecified atom stereocenters. The molecule has 0 aromatic rings. The van der Waals surface area contributed by atoms with Crippen molar-refractivity contribution in [1.29, 1.82) is 0 Å². The number of hydrogen-bond acceptors (Lipinski definition) is 1. The van der Waals surface area contributed by atoms with Gasteiger partial charge in [-0.2, -0.15) is 0 Å². The molecule has 0 heterocycles. The Kier molecular flexibility index (Phi) is 1.69. The van der Waals surface area contributed by atoms with Crippen molar-refractivity contribution in [3.05, 3.63) is 0 Å². The molecule has 0 aliphatic carbocycles. The van der Waals surface area contributed by atoms with Crippen LogP contribution in [0.2, 0.25) is 0 Å². The summed E-state index contributed by atoms with van der Waals surface area (Å²) in [6, 6.07) is 0. The minimum absolute atomic E-state index is 3.58. The van der Waals surface area contributed by atoms with Crippen LogP contribution in [-0.2, 0) is 3.74 Å². The first-order valence-corrected chi connectivity index (χ1v) is 3.38. The van der Waals surface area contributed by atoms with Crippen LogP contribution in [0.5, 0.6) is 0 Å². The van der Waals surface area contributed by atoms with Gasteiger partial charge in [-0.05, 0) is 0 Å². The Bertz CT molecular complexity index is 26.3. The summed E-state index contributed by atoms with van der Waals surface area (Å²) in [5.74, 6) is 0. The molecule has 26 valence electrons. The van der Waals surface area contributed by atoms with E-state index in [1.165, 1.54) is 0 Å². The molecule has 2 N–H and O–H groups in total. The van der Waals surface area contributed by atoms with E-state index in [9.17, 15) is 0 Å². The number of hydrogen-bond donors (Lipinski definition) is 2. The first kappa shape index (κ1) is 4.28. The molecule has 0 amide bonds. The first-order chi connectivity index (χ1) is 1.73. The molecule has 0 atom stereocenters. The van der Waals surface area contributed by atoms with Crippen LogP contribution in [0.25, 0.3) is 0 Å². The Morgan fingerprint density at radius 1 is 1.50 bits per heavy atom. The summed E-state index contributed by atoms with van der Waals surface area (Å²) in [6.07, 6.45) is 0. The van der Waals surface area contributed by atoms with E-state index >= 15 is 0 Å². The van der Waals surface area contributed by atoms with Gasteiger partial charge in [0, 0.05) is 0 Å². The Morgan fingerprint density at radius 2 is 1.50 bits per heavy atom. The second kappa shape index (κ2) is 1.58. The Hall–Kier alpha value is 0.278. The topological polar surface area (TPSA) is 57.5 Å². The zero-order chi connectivity index (χ0) is 3.58. The molecule has 0 saturated carbocycles. The minimum atomic E-state index is -3.58. The second-order valence-corrected chi connectivity index (χ2v) is 1.47. The van der Waals surface area contributed by atoms with Crippen molar-refractivity contribution in [2.75, 3.05) is 0 Å². The molecule has 4 heavy (non-hydrogen) atoms. The fraction of sp³-hybridized carbons (Fsp3) is 0. The molecular weight excluding hydrogens is 123 g/mol. The van der Waals surface area contributed by atoms with Gasteiger partial charge in [-0.25, -0.2) is 0 Å². The van der Waals surface area contributed by atoms with Crippen LogP contribution in [0.3, 0.4) is 0 Å². The zero-order valence-corrected chi connectivity index (χ0v) is 3.90. The van der Waals surface area contributed by atoms with E-state index in [0.29, 0.717) is 0 Å². The zero-order valence-electron chi connectivity index (χ0n) is 1.80. The summed E-state index contributed by atoms with van der Waals surface area (Å²) < 4.78 is 23.2. The Labute approximate surface area is 28.1 Å². The van der Waals surface area contributed by atoms with Gasteiger partial charge < -0.3 is 0 Å². The normalized spacial score (nSPS) is 8.75. The van der Waals surface area contributed by atoms with E-state index < -0.39 is 15.3 Å². The molecule has 0 aliphatic heterocycles. The van der Waals surface area contributed by atoms with Crippen molar-refractivity contribution in [3.63, 3.8) is 0 Å². The maximum atomic E-state index is 8.81. The van der Waals surface area contributed by atoms with Gasteiger partial charge in [0.15, 0.2) is 0 Å². The third-order valence-corrected chi connectivity index (χ3v) is 0. The Balaban J connectivity index is 2.80. The summed E-state index contributed by atoms with van der Waals surface area (Å²) in [7, 11) is 0. The first-order valence-electron chi connectivity index (χ1n) is 0.651.